The molecule has 0 saturated heterocycles. The van der Waals surface area contributed by atoms with Crippen LogP contribution in [0.1, 0.15) is 92.1 Å². The number of carbonyl (C=O) groups excluding carboxylic acids is 1. The molecule has 0 spiro atoms. The van der Waals surface area contributed by atoms with Gasteiger partial charge in [-0.1, -0.05) is 57.9 Å². The molecule has 2 N–H and O–H groups in total. The number of fused-ring (bicyclic) bond motifs is 1. The Kier molecular flexibility index (Phi) is 12.2. The predicted molar refractivity (Wildman–Crippen MR) is 154 cm³/mol. The summed E-state index contributed by atoms with van der Waals surface area (Å²) in [5.74, 6) is -0.523. The summed E-state index contributed by atoms with van der Waals surface area (Å²) in [6, 6.07) is 8.61. The molecule has 39 heavy (non-hydrogen) atoms. The highest BCUT2D eigenvalue weighted by Gasteiger charge is 2.21. The minimum Gasteiger partial charge on any atom is -0.476 e. The molecule has 1 amide bonds. The van der Waals surface area contributed by atoms with Gasteiger partial charge >= 0.3 is 5.97 Å². The number of nitrogens with zero attached hydrogens (tertiary/aromatic N) is 3. The van der Waals surface area contributed by atoms with Crippen LogP contribution < -0.4 is 10.2 Å². The van der Waals surface area contributed by atoms with Crippen molar-refractivity contribution >= 4 is 17.6 Å². The SMILES string of the molecule is CCCCCCCCCCNCc1cncc(-c2ccc3c(c2)CCC(=O)N3C)c1.Cc1ocnc1C(=O)O. The lowest BCUT2D eigenvalue weighted by Crippen LogP contribution is -2.30. The molecule has 1 aromatic carbocycles. The number of unbranched alkanes of at least 4 members (excludes halogenated alkanes) is 7. The Bertz CT molecular complexity index is 1210. The lowest BCUT2D eigenvalue weighted by atomic mass is 9.96. The topological polar surface area (TPSA) is 109 Å². The van der Waals surface area contributed by atoms with Crippen LogP contribution in [0.15, 0.2) is 47.5 Å². The number of aryl methyl sites for hydroxylation is 2. The second kappa shape index (κ2) is 15.8. The Hall–Kier alpha value is -3.52. The number of aromatic nitrogens is 2. The molecule has 0 aliphatic carbocycles. The van der Waals surface area contributed by atoms with Crippen molar-refractivity contribution in [3.05, 3.63) is 65.6 Å². The van der Waals surface area contributed by atoms with Crippen molar-refractivity contribution < 1.29 is 19.1 Å². The summed E-state index contributed by atoms with van der Waals surface area (Å²) in [6.07, 6.45) is 17.2. The number of anilines is 1. The highest BCUT2D eigenvalue weighted by atomic mass is 16.4. The van der Waals surface area contributed by atoms with E-state index in [1.807, 2.05) is 19.4 Å². The summed E-state index contributed by atoms with van der Waals surface area (Å²) in [6.45, 7) is 5.75. The van der Waals surface area contributed by atoms with E-state index in [1.54, 1.807) is 11.8 Å². The normalized spacial score (nSPS) is 12.6. The number of carboxylic acids is 1. The van der Waals surface area contributed by atoms with Crippen molar-refractivity contribution in [1.29, 1.82) is 0 Å². The number of hydrogen-bond donors (Lipinski definition) is 2. The van der Waals surface area contributed by atoms with Gasteiger partial charge in [-0.25, -0.2) is 9.78 Å². The molecule has 1 aliphatic heterocycles. The fourth-order valence-corrected chi connectivity index (χ4v) is 4.71. The Labute approximate surface area is 231 Å². The molecule has 0 fully saturated rings. The predicted octanol–water partition coefficient (Wildman–Crippen LogP) is 6.57. The zero-order chi connectivity index (χ0) is 28.0. The van der Waals surface area contributed by atoms with Crippen LogP contribution in [0, 0.1) is 6.92 Å². The Morgan fingerprint density at radius 3 is 2.44 bits per heavy atom. The third kappa shape index (κ3) is 9.32. The molecule has 3 aromatic rings. The number of pyridine rings is 1. The number of nitrogens with one attached hydrogen (secondary N) is 1. The van der Waals surface area contributed by atoms with Gasteiger partial charge in [0.05, 0.1) is 0 Å². The van der Waals surface area contributed by atoms with Gasteiger partial charge in [0, 0.05) is 43.7 Å². The zero-order valence-electron chi connectivity index (χ0n) is 23.5. The molecule has 0 saturated carbocycles. The fraction of sp³-hybridized carbons (Fsp3) is 0.484. The number of hydrogen-bond acceptors (Lipinski definition) is 6. The maximum absolute atomic E-state index is 11.9. The van der Waals surface area contributed by atoms with E-state index < -0.39 is 5.97 Å². The average Bonchev–Trinajstić information content (AvgIpc) is 3.38. The smallest absolute Gasteiger partial charge is 0.358 e. The first-order chi connectivity index (χ1) is 18.9. The van der Waals surface area contributed by atoms with Crippen molar-refractivity contribution in [2.45, 2.75) is 84.6 Å². The van der Waals surface area contributed by atoms with Crippen LogP contribution >= 0.6 is 0 Å². The van der Waals surface area contributed by atoms with E-state index in [0.29, 0.717) is 12.2 Å². The molecule has 1 aliphatic rings. The molecule has 2 aromatic heterocycles. The number of rotatable bonds is 13. The van der Waals surface area contributed by atoms with E-state index in [9.17, 15) is 9.59 Å². The monoisotopic (exact) mass is 534 g/mol. The van der Waals surface area contributed by atoms with Gasteiger partial charge in [0.2, 0.25) is 5.91 Å². The van der Waals surface area contributed by atoms with E-state index in [1.165, 1.54) is 68.1 Å². The van der Waals surface area contributed by atoms with Crippen molar-refractivity contribution in [1.82, 2.24) is 15.3 Å². The second-order valence-electron chi connectivity index (χ2n) is 10.1. The summed E-state index contributed by atoms with van der Waals surface area (Å²) in [7, 11) is 1.86. The number of carbonyl (C=O) groups is 2. The highest BCUT2D eigenvalue weighted by molar-refractivity contribution is 5.96. The van der Waals surface area contributed by atoms with Crippen LogP contribution in [0.25, 0.3) is 11.1 Å². The van der Waals surface area contributed by atoms with Gasteiger partial charge in [-0.15, -0.1) is 0 Å². The molecule has 0 radical (unpaired) electrons. The Balaban J connectivity index is 0.000000395. The van der Waals surface area contributed by atoms with Crippen LogP contribution in [-0.4, -0.2) is 40.5 Å². The van der Waals surface area contributed by atoms with Gasteiger partial charge < -0.3 is 19.7 Å². The Morgan fingerprint density at radius 2 is 1.77 bits per heavy atom. The summed E-state index contributed by atoms with van der Waals surface area (Å²) in [4.78, 5) is 31.7. The molecule has 4 rings (SSSR count). The van der Waals surface area contributed by atoms with Crippen molar-refractivity contribution in [3.63, 3.8) is 0 Å². The van der Waals surface area contributed by atoms with E-state index in [-0.39, 0.29) is 11.6 Å². The highest BCUT2D eigenvalue weighted by Crippen LogP contribution is 2.31. The van der Waals surface area contributed by atoms with Gasteiger partial charge in [-0.05, 0) is 61.2 Å². The van der Waals surface area contributed by atoms with Gasteiger partial charge in [-0.2, -0.15) is 0 Å². The van der Waals surface area contributed by atoms with Gasteiger partial charge in [0.1, 0.15) is 5.76 Å². The minimum absolute atomic E-state index is 0.0185. The third-order valence-corrected chi connectivity index (χ3v) is 7.03. The number of amides is 1. The number of oxazole rings is 1. The lowest BCUT2D eigenvalue weighted by molar-refractivity contribution is -0.118. The largest absolute Gasteiger partial charge is 0.476 e. The molecular formula is C31H42N4O4. The molecule has 8 nitrogen and oxygen atoms in total. The van der Waals surface area contributed by atoms with Crippen LogP contribution in [-0.2, 0) is 17.8 Å². The van der Waals surface area contributed by atoms with Gasteiger partial charge in [-0.3, -0.25) is 9.78 Å². The first-order valence-corrected chi connectivity index (χ1v) is 14.1. The first kappa shape index (κ1) is 30.0. The van der Waals surface area contributed by atoms with Gasteiger partial charge in [0.15, 0.2) is 12.1 Å². The molecule has 8 heteroatoms. The Morgan fingerprint density at radius 1 is 1.03 bits per heavy atom. The number of carboxylic acid groups (broad SMARTS) is 1. The van der Waals surface area contributed by atoms with E-state index in [4.69, 9.17) is 5.11 Å². The van der Waals surface area contributed by atoms with Crippen molar-refractivity contribution in [3.8, 4) is 11.1 Å². The van der Waals surface area contributed by atoms with E-state index in [0.717, 1.165) is 37.2 Å². The number of aromatic carboxylic acids is 1. The molecule has 0 unspecified atom stereocenters. The maximum atomic E-state index is 11.9. The van der Waals surface area contributed by atoms with E-state index in [2.05, 4.69) is 50.9 Å². The van der Waals surface area contributed by atoms with E-state index >= 15 is 0 Å². The summed E-state index contributed by atoms with van der Waals surface area (Å²) in [5, 5.41) is 11.9. The lowest BCUT2D eigenvalue weighted by Gasteiger charge is -2.26. The van der Waals surface area contributed by atoms with Crippen molar-refractivity contribution in [2.75, 3.05) is 18.5 Å². The molecule has 0 atom stereocenters. The zero-order valence-corrected chi connectivity index (χ0v) is 23.5. The quantitative estimate of drug-likeness (QED) is 0.239. The van der Waals surface area contributed by atoms with Crippen LogP contribution in [0.4, 0.5) is 5.69 Å². The third-order valence-electron chi connectivity index (χ3n) is 7.03. The molecular weight excluding hydrogens is 492 g/mol. The fourth-order valence-electron chi connectivity index (χ4n) is 4.71. The van der Waals surface area contributed by atoms with Crippen LogP contribution in [0.5, 0.6) is 0 Å². The van der Waals surface area contributed by atoms with Crippen LogP contribution in [0.2, 0.25) is 0 Å². The van der Waals surface area contributed by atoms with Gasteiger partial charge in [0.25, 0.3) is 0 Å². The second-order valence-corrected chi connectivity index (χ2v) is 10.1. The van der Waals surface area contributed by atoms with Crippen molar-refractivity contribution in [2.24, 2.45) is 0 Å². The summed E-state index contributed by atoms with van der Waals surface area (Å²) < 4.78 is 4.63. The summed E-state index contributed by atoms with van der Waals surface area (Å²) >= 11 is 0. The molecule has 3 heterocycles. The minimum atomic E-state index is -1.05. The average molecular weight is 535 g/mol. The van der Waals surface area contributed by atoms with Crippen LogP contribution in [0.3, 0.4) is 0 Å². The maximum Gasteiger partial charge on any atom is 0.358 e. The molecule has 210 valence electrons. The molecule has 0 bridgehead atoms. The summed E-state index contributed by atoms with van der Waals surface area (Å²) in [5.41, 5.74) is 5.80. The number of benzene rings is 1. The first-order valence-electron chi connectivity index (χ1n) is 14.1. The standard InChI is InChI=1S/C26H37N3O.C5H5NO3/c1-3-4-5-6-7-8-9-10-15-27-18-21-16-24(20-28-19-21)22-11-13-25-23(17-22)12-14-26(30)29(25)2;1-3-4(5(7)8)6-2-9-3/h11,13,16-17,19-20,27H,3-10,12,14-15,18H2,1-2H3;2H,1H3,(H,7,8).